The van der Waals surface area contributed by atoms with Crippen LogP contribution in [-0.4, -0.2) is 10.7 Å². The first-order valence-electron chi connectivity index (χ1n) is 5.17. The number of allylic oxidation sites excluding steroid dienone is 1. The van der Waals surface area contributed by atoms with Gasteiger partial charge in [0.05, 0.1) is 0 Å². The summed E-state index contributed by atoms with van der Waals surface area (Å²) in [6.07, 6.45) is 10.0. The van der Waals surface area contributed by atoms with Crippen LogP contribution in [0, 0.1) is 11.8 Å². The summed E-state index contributed by atoms with van der Waals surface area (Å²) in [6.45, 7) is 2.15. The average molecular weight is 178 g/mol. The molecular formula is C12H18O. The number of rotatable bonds is 2. The van der Waals surface area contributed by atoms with Crippen LogP contribution < -0.4 is 0 Å². The van der Waals surface area contributed by atoms with Gasteiger partial charge in [-0.25, -0.2) is 0 Å². The van der Waals surface area contributed by atoms with Crippen molar-refractivity contribution in [2.45, 2.75) is 51.0 Å². The van der Waals surface area contributed by atoms with Crippen molar-refractivity contribution in [2.75, 3.05) is 0 Å². The lowest BCUT2D eigenvalue weighted by Gasteiger charge is -2.20. The standard InChI is InChI=1S/C12H18O/c1-2-3-4-6-9-12(13)10-7-5-8-11-12/h7,10,13H,2-5,8,11H2,1H3. The second kappa shape index (κ2) is 5.09. The number of hydrogen-bond donors (Lipinski definition) is 1. The number of unbranched alkanes of at least 4 members (excludes halogenated alkanes) is 2. The molecule has 0 saturated heterocycles. The summed E-state index contributed by atoms with van der Waals surface area (Å²) in [7, 11) is 0. The average Bonchev–Trinajstić information content (AvgIpc) is 2.14. The van der Waals surface area contributed by atoms with E-state index in [2.05, 4.69) is 18.8 Å². The summed E-state index contributed by atoms with van der Waals surface area (Å²) in [5, 5.41) is 9.91. The van der Waals surface area contributed by atoms with Gasteiger partial charge in [0.1, 0.15) is 5.60 Å². The van der Waals surface area contributed by atoms with Crippen molar-refractivity contribution in [3.63, 3.8) is 0 Å². The molecule has 0 radical (unpaired) electrons. The fourth-order valence-corrected chi connectivity index (χ4v) is 1.44. The SMILES string of the molecule is CCCCC#CC1(O)C=CCCC1. The predicted octanol–water partition coefficient (Wildman–Crippen LogP) is 2.65. The van der Waals surface area contributed by atoms with Crippen LogP contribution in [0.25, 0.3) is 0 Å². The predicted molar refractivity (Wildman–Crippen MR) is 55.2 cm³/mol. The molecule has 0 saturated carbocycles. The third-order valence-corrected chi connectivity index (χ3v) is 2.28. The lowest BCUT2D eigenvalue weighted by Crippen LogP contribution is -2.25. The zero-order valence-electron chi connectivity index (χ0n) is 8.34. The minimum absolute atomic E-state index is 0.794. The van der Waals surface area contributed by atoms with E-state index in [1.807, 2.05) is 12.2 Å². The van der Waals surface area contributed by atoms with E-state index in [1.165, 1.54) is 6.42 Å². The molecule has 0 aromatic rings. The Bertz CT molecular complexity index is 231. The molecule has 1 N–H and O–H groups in total. The number of hydrogen-bond acceptors (Lipinski definition) is 1. The molecule has 1 nitrogen and oxygen atoms in total. The van der Waals surface area contributed by atoms with Gasteiger partial charge < -0.3 is 5.11 Å². The van der Waals surface area contributed by atoms with Crippen molar-refractivity contribution in [3.8, 4) is 11.8 Å². The van der Waals surface area contributed by atoms with Gasteiger partial charge in [0.15, 0.2) is 0 Å². The van der Waals surface area contributed by atoms with E-state index in [0.29, 0.717) is 0 Å². The summed E-state index contributed by atoms with van der Waals surface area (Å²) < 4.78 is 0. The van der Waals surface area contributed by atoms with Crippen LogP contribution in [-0.2, 0) is 0 Å². The van der Waals surface area contributed by atoms with E-state index < -0.39 is 5.60 Å². The zero-order valence-corrected chi connectivity index (χ0v) is 8.34. The molecular weight excluding hydrogens is 160 g/mol. The molecule has 0 aliphatic heterocycles. The lowest BCUT2D eigenvalue weighted by atomic mass is 9.91. The van der Waals surface area contributed by atoms with E-state index in [-0.39, 0.29) is 0 Å². The van der Waals surface area contributed by atoms with E-state index in [1.54, 1.807) is 0 Å². The fraction of sp³-hybridized carbons (Fsp3) is 0.667. The third-order valence-electron chi connectivity index (χ3n) is 2.28. The fourth-order valence-electron chi connectivity index (χ4n) is 1.44. The lowest BCUT2D eigenvalue weighted by molar-refractivity contribution is 0.135. The molecule has 0 fully saturated rings. The van der Waals surface area contributed by atoms with Crippen molar-refractivity contribution in [3.05, 3.63) is 12.2 Å². The summed E-state index contributed by atoms with van der Waals surface area (Å²) in [5.74, 6) is 6.00. The Kier molecular flexibility index (Phi) is 4.05. The molecule has 1 heteroatoms. The first-order valence-corrected chi connectivity index (χ1v) is 5.17. The maximum absolute atomic E-state index is 9.91. The highest BCUT2D eigenvalue weighted by Gasteiger charge is 2.21. The van der Waals surface area contributed by atoms with Crippen LogP contribution in [0.5, 0.6) is 0 Å². The van der Waals surface area contributed by atoms with Crippen LogP contribution in [0.3, 0.4) is 0 Å². The van der Waals surface area contributed by atoms with Gasteiger partial charge in [0, 0.05) is 6.42 Å². The maximum Gasteiger partial charge on any atom is 0.144 e. The van der Waals surface area contributed by atoms with E-state index >= 15 is 0 Å². The van der Waals surface area contributed by atoms with Crippen LogP contribution in [0.1, 0.15) is 45.4 Å². The Morgan fingerprint density at radius 2 is 2.38 bits per heavy atom. The van der Waals surface area contributed by atoms with Gasteiger partial charge in [-0.2, -0.15) is 0 Å². The Labute approximate surface area is 80.9 Å². The molecule has 0 heterocycles. The molecule has 72 valence electrons. The molecule has 0 bridgehead atoms. The van der Waals surface area contributed by atoms with E-state index in [4.69, 9.17) is 0 Å². The summed E-state index contributed by atoms with van der Waals surface area (Å²) >= 11 is 0. The summed E-state index contributed by atoms with van der Waals surface area (Å²) in [6, 6.07) is 0. The Hall–Kier alpha value is -0.740. The van der Waals surface area contributed by atoms with Gasteiger partial charge in [-0.05, 0) is 31.8 Å². The van der Waals surface area contributed by atoms with Crippen LogP contribution in [0.15, 0.2) is 12.2 Å². The third kappa shape index (κ3) is 3.65. The molecule has 1 unspecified atom stereocenters. The first-order chi connectivity index (χ1) is 6.27. The van der Waals surface area contributed by atoms with Crippen molar-refractivity contribution < 1.29 is 5.11 Å². The minimum atomic E-state index is -0.814. The van der Waals surface area contributed by atoms with Gasteiger partial charge in [-0.3, -0.25) is 0 Å². The quantitative estimate of drug-likeness (QED) is 0.391. The van der Waals surface area contributed by atoms with Gasteiger partial charge >= 0.3 is 0 Å². The monoisotopic (exact) mass is 178 g/mol. The second-order valence-corrected chi connectivity index (χ2v) is 3.62. The molecule has 0 aromatic heterocycles. The van der Waals surface area contributed by atoms with Gasteiger partial charge in [0.25, 0.3) is 0 Å². The van der Waals surface area contributed by atoms with Crippen LogP contribution in [0.2, 0.25) is 0 Å². The van der Waals surface area contributed by atoms with Crippen molar-refractivity contribution >= 4 is 0 Å². The molecule has 1 atom stereocenters. The zero-order chi connectivity index (χ0) is 9.57. The van der Waals surface area contributed by atoms with Gasteiger partial charge in [-0.15, -0.1) is 0 Å². The Morgan fingerprint density at radius 3 is 3.00 bits per heavy atom. The molecule has 1 aliphatic carbocycles. The highest BCUT2D eigenvalue weighted by Crippen LogP contribution is 2.20. The highest BCUT2D eigenvalue weighted by molar-refractivity contribution is 5.24. The molecule has 0 amide bonds. The van der Waals surface area contributed by atoms with Gasteiger partial charge in [-0.1, -0.05) is 31.3 Å². The van der Waals surface area contributed by atoms with E-state index in [9.17, 15) is 5.11 Å². The normalized spacial score (nSPS) is 26.6. The largest absolute Gasteiger partial charge is 0.374 e. The van der Waals surface area contributed by atoms with Crippen molar-refractivity contribution in [1.29, 1.82) is 0 Å². The first kappa shape index (κ1) is 10.3. The highest BCUT2D eigenvalue weighted by atomic mass is 16.3. The summed E-state index contributed by atoms with van der Waals surface area (Å²) in [5.41, 5.74) is -0.814. The Morgan fingerprint density at radius 1 is 1.54 bits per heavy atom. The van der Waals surface area contributed by atoms with Crippen molar-refractivity contribution in [1.82, 2.24) is 0 Å². The number of aliphatic hydroxyl groups is 1. The molecule has 1 rings (SSSR count). The molecule has 0 aromatic carbocycles. The second-order valence-electron chi connectivity index (χ2n) is 3.62. The smallest absolute Gasteiger partial charge is 0.144 e. The molecule has 13 heavy (non-hydrogen) atoms. The van der Waals surface area contributed by atoms with Gasteiger partial charge in [0.2, 0.25) is 0 Å². The maximum atomic E-state index is 9.91. The topological polar surface area (TPSA) is 20.2 Å². The van der Waals surface area contributed by atoms with Crippen LogP contribution >= 0.6 is 0 Å². The Balaban J connectivity index is 2.43. The van der Waals surface area contributed by atoms with Crippen molar-refractivity contribution in [2.24, 2.45) is 0 Å². The minimum Gasteiger partial charge on any atom is -0.374 e. The molecule has 1 aliphatic rings. The molecule has 0 spiro atoms. The summed E-state index contributed by atoms with van der Waals surface area (Å²) in [4.78, 5) is 0. The van der Waals surface area contributed by atoms with E-state index in [0.717, 1.165) is 32.1 Å². The van der Waals surface area contributed by atoms with Crippen LogP contribution in [0.4, 0.5) is 0 Å².